The first-order chi connectivity index (χ1) is 12.5. The lowest BCUT2D eigenvalue weighted by atomic mass is 9.92. The number of Topliss-reactive ketones (excluding diaryl/α,β-unsaturated/α-hetero) is 1. The van der Waals surface area contributed by atoms with E-state index in [0.29, 0.717) is 22.5 Å². The molecule has 0 saturated carbocycles. The first kappa shape index (κ1) is 15.0. The van der Waals surface area contributed by atoms with Crippen LogP contribution in [0.3, 0.4) is 0 Å². The lowest BCUT2D eigenvalue weighted by molar-refractivity contribution is 0.103. The van der Waals surface area contributed by atoms with Crippen molar-refractivity contribution in [1.29, 1.82) is 0 Å². The molecular formula is C20H12N2O3S. The summed E-state index contributed by atoms with van der Waals surface area (Å²) < 4.78 is 28.2. The zero-order chi connectivity index (χ0) is 17.9. The van der Waals surface area contributed by atoms with E-state index in [1.165, 1.54) is 12.1 Å². The van der Waals surface area contributed by atoms with E-state index < -0.39 is 10.0 Å². The van der Waals surface area contributed by atoms with Crippen molar-refractivity contribution >= 4 is 38.0 Å². The van der Waals surface area contributed by atoms with Crippen LogP contribution in [0.15, 0.2) is 81.7 Å². The summed E-state index contributed by atoms with van der Waals surface area (Å²) in [6.07, 6.45) is 1.51. The number of nitrogens with one attached hydrogen (secondary N) is 1. The molecule has 6 heteroatoms. The van der Waals surface area contributed by atoms with Gasteiger partial charge in [-0.3, -0.25) is 4.79 Å². The van der Waals surface area contributed by atoms with Crippen LogP contribution in [0.2, 0.25) is 0 Å². The molecule has 0 atom stereocenters. The molecule has 0 unspecified atom stereocenters. The largest absolute Gasteiger partial charge is 0.352 e. The molecule has 0 fully saturated rings. The average Bonchev–Trinajstić information content (AvgIpc) is 2.90. The quantitative estimate of drug-likeness (QED) is 0.759. The Hall–Kier alpha value is -3.25. The van der Waals surface area contributed by atoms with Crippen molar-refractivity contribution in [3.05, 3.63) is 83.6 Å². The molecule has 1 aliphatic carbocycles. The monoisotopic (exact) mass is 360 g/mol. The Morgan fingerprint density at radius 1 is 0.885 bits per heavy atom. The highest BCUT2D eigenvalue weighted by Crippen LogP contribution is 2.34. The highest BCUT2D eigenvalue weighted by atomic mass is 32.2. The summed E-state index contributed by atoms with van der Waals surface area (Å²) >= 11 is 0. The van der Waals surface area contributed by atoms with Crippen molar-refractivity contribution < 1.29 is 13.2 Å². The molecule has 2 aliphatic rings. The molecule has 126 valence electrons. The number of anilines is 1. The van der Waals surface area contributed by atoms with Gasteiger partial charge in [0.25, 0.3) is 10.0 Å². The van der Waals surface area contributed by atoms with Crippen LogP contribution in [0.25, 0.3) is 10.8 Å². The first-order valence-electron chi connectivity index (χ1n) is 8.03. The Morgan fingerprint density at radius 3 is 2.54 bits per heavy atom. The highest BCUT2D eigenvalue weighted by molar-refractivity contribution is 7.90. The lowest BCUT2D eigenvalue weighted by Crippen LogP contribution is -2.21. The number of sulfonamides is 1. The molecular weight excluding hydrogens is 348 g/mol. The standard InChI is InChI=1S/C20H12N2O3S/c23-20-15-6-3-7-18-19(15)16(22-26(18,24)25)11-17(20)21-14-9-8-12-4-1-2-5-13(12)10-14/h1-11,21H. The summed E-state index contributed by atoms with van der Waals surface area (Å²) in [6, 6.07) is 18.4. The Balaban J connectivity index is 1.61. The van der Waals surface area contributed by atoms with E-state index in [1.54, 1.807) is 12.1 Å². The molecule has 0 spiro atoms. The van der Waals surface area contributed by atoms with Crippen LogP contribution >= 0.6 is 0 Å². The molecule has 3 aromatic rings. The SMILES string of the molecule is O=C1C(Nc2ccc3ccccc3c2)=CC2=NS(=O)(=O)c3cccc1c32. The molecule has 1 aliphatic heterocycles. The van der Waals surface area contributed by atoms with E-state index in [1.807, 2.05) is 42.5 Å². The minimum atomic E-state index is -3.73. The van der Waals surface area contributed by atoms with Gasteiger partial charge in [-0.05, 0) is 35.0 Å². The number of nitrogens with zero attached hydrogens (tertiary/aromatic N) is 1. The maximum atomic E-state index is 12.8. The van der Waals surface area contributed by atoms with Gasteiger partial charge in [0.1, 0.15) is 0 Å². The van der Waals surface area contributed by atoms with Crippen LogP contribution in [-0.2, 0) is 10.0 Å². The van der Waals surface area contributed by atoms with Gasteiger partial charge in [0.2, 0.25) is 5.78 Å². The highest BCUT2D eigenvalue weighted by Gasteiger charge is 2.36. The number of allylic oxidation sites excluding steroid dienone is 2. The second-order valence-electron chi connectivity index (χ2n) is 6.20. The summed E-state index contributed by atoms with van der Waals surface area (Å²) in [5.41, 5.74) is 2.12. The summed E-state index contributed by atoms with van der Waals surface area (Å²) in [5.74, 6) is -0.244. The van der Waals surface area contributed by atoms with E-state index in [0.717, 1.165) is 16.5 Å². The zero-order valence-electron chi connectivity index (χ0n) is 13.4. The molecule has 26 heavy (non-hydrogen) atoms. The molecule has 0 aromatic heterocycles. The Morgan fingerprint density at radius 2 is 1.69 bits per heavy atom. The van der Waals surface area contributed by atoms with Gasteiger partial charge in [-0.25, -0.2) is 0 Å². The number of hydrogen-bond acceptors (Lipinski definition) is 4. The fraction of sp³-hybridized carbons (Fsp3) is 0. The van der Waals surface area contributed by atoms with E-state index >= 15 is 0 Å². The van der Waals surface area contributed by atoms with Gasteiger partial charge in [0, 0.05) is 16.8 Å². The topological polar surface area (TPSA) is 75.6 Å². The Kier molecular flexibility index (Phi) is 2.96. The number of carbonyl (C=O) groups is 1. The third kappa shape index (κ3) is 2.12. The van der Waals surface area contributed by atoms with E-state index in [-0.39, 0.29) is 10.7 Å². The van der Waals surface area contributed by atoms with Crippen LogP contribution in [0, 0.1) is 0 Å². The number of fused-ring (bicyclic) bond motifs is 1. The third-order valence-electron chi connectivity index (χ3n) is 4.58. The number of ketones is 1. The van der Waals surface area contributed by atoms with E-state index in [9.17, 15) is 13.2 Å². The van der Waals surface area contributed by atoms with Gasteiger partial charge in [0.05, 0.1) is 16.3 Å². The normalized spacial score (nSPS) is 16.8. The van der Waals surface area contributed by atoms with Gasteiger partial charge in [-0.2, -0.15) is 12.8 Å². The minimum Gasteiger partial charge on any atom is -0.352 e. The van der Waals surface area contributed by atoms with Gasteiger partial charge in [-0.1, -0.05) is 42.5 Å². The van der Waals surface area contributed by atoms with Crippen molar-refractivity contribution in [2.75, 3.05) is 5.32 Å². The van der Waals surface area contributed by atoms with Crippen molar-refractivity contribution in [3.8, 4) is 0 Å². The van der Waals surface area contributed by atoms with Crippen molar-refractivity contribution in [2.45, 2.75) is 4.90 Å². The molecule has 0 amide bonds. The third-order valence-corrected chi connectivity index (χ3v) is 5.91. The molecule has 3 aromatic carbocycles. The maximum absolute atomic E-state index is 12.8. The Labute approximate surface area is 149 Å². The van der Waals surface area contributed by atoms with Crippen LogP contribution in [-0.4, -0.2) is 19.9 Å². The van der Waals surface area contributed by atoms with Crippen LogP contribution in [0.1, 0.15) is 15.9 Å². The second-order valence-corrected chi connectivity index (χ2v) is 7.78. The van der Waals surface area contributed by atoms with Gasteiger partial charge >= 0.3 is 0 Å². The minimum absolute atomic E-state index is 0.0966. The predicted molar refractivity (Wildman–Crippen MR) is 100 cm³/mol. The fourth-order valence-electron chi connectivity index (χ4n) is 3.39. The summed E-state index contributed by atoms with van der Waals surface area (Å²) in [7, 11) is -3.73. The number of hydrogen-bond donors (Lipinski definition) is 1. The number of carbonyl (C=O) groups excluding carboxylic acids is 1. The van der Waals surface area contributed by atoms with E-state index in [4.69, 9.17) is 0 Å². The summed E-state index contributed by atoms with van der Waals surface area (Å²) in [4.78, 5) is 12.9. The number of benzene rings is 3. The van der Waals surface area contributed by atoms with Gasteiger partial charge < -0.3 is 5.32 Å². The van der Waals surface area contributed by atoms with Crippen LogP contribution in [0.5, 0.6) is 0 Å². The van der Waals surface area contributed by atoms with Gasteiger partial charge in [0.15, 0.2) is 0 Å². The maximum Gasteiger partial charge on any atom is 0.283 e. The average molecular weight is 360 g/mol. The van der Waals surface area contributed by atoms with Crippen LogP contribution in [0.4, 0.5) is 5.69 Å². The summed E-state index contributed by atoms with van der Waals surface area (Å²) in [6.45, 7) is 0. The first-order valence-corrected chi connectivity index (χ1v) is 9.47. The smallest absolute Gasteiger partial charge is 0.283 e. The zero-order valence-corrected chi connectivity index (χ0v) is 14.2. The fourth-order valence-corrected chi connectivity index (χ4v) is 4.61. The van der Waals surface area contributed by atoms with Crippen molar-refractivity contribution in [2.24, 2.45) is 4.40 Å². The molecule has 1 heterocycles. The molecule has 0 radical (unpaired) electrons. The van der Waals surface area contributed by atoms with Crippen LogP contribution < -0.4 is 5.32 Å². The van der Waals surface area contributed by atoms with Crippen molar-refractivity contribution in [1.82, 2.24) is 0 Å². The second kappa shape index (κ2) is 5.12. The predicted octanol–water partition coefficient (Wildman–Crippen LogP) is 3.52. The Bertz CT molecular complexity index is 1290. The summed E-state index contributed by atoms with van der Waals surface area (Å²) in [5, 5.41) is 5.26. The van der Waals surface area contributed by atoms with E-state index in [2.05, 4.69) is 9.71 Å². The van der Waals surface area contributed by atoms with Crippen molar-refractivity contribution in [3.63, 3.8) is 0 Å². The lowest BCUT2D eigenvalue weighted by Gasteiger charge is -2.17. The molecule has 0 bridgehead atoms. The molecule has 5 nitrogen and oxygen atoms in total. The molecule has 0 saturated heterocycles. The molecule has 5 rings (SSSR count). The number of rotatable bonds is 2. The molecule has 1 N–H and O–H groups in total. The van der Waals surface area contributed by atoms with Gasteiger partial charge in [-0.15, -0.1) is 0 Å².